The van der Waals surface area contributed by atoms with Crippen molar-refractivity contribution in [3.8, 4) is 11.5 Å². The Kier molecular flexibility index (Phi) is 3.47. The van der Waals surface area contributed by atoms with E-state index in [1.54, 1.807) is 48.1 Å². The van der Waals surface area contributed by atoms with E-state index in [0.717, 1.165) is 5.69 Å². The Hall–Kier alpha value is -2.21. The van der Waals surface area contributed by atoms with Gasteiger partial charge in [0.2, 0.25) is 6.79 Å². The molecule has 0 N–H and O–H groups in total. The minimum atomic E-state index is -0.120. The molecule has 1 aromatic carbocycles. The maximum absolute atomic E-state index is 12.5. The number of aryl methyl sites for hydroxylation is 1. The third-order valence-corrected chi connectivity index (χ3v) is 3.68. The summed E-state index contributed by atoms with van der Waals surface area (Å²) in [6.07, 6.45) is 1.57. The van der Waals surface area contributed by atoms with E-state index < -0.39 is 0 Å². The molecule has 0 spiro atoms. The van der Waals surface area contributed by atoms with Crippen molar-refractivity contribution in [3.63, 3.8) is 0 Å². The van der Waals surface area contributed by atoms with E-state index in [1.807, 2.05) is 0 Å². The summed E-state index contributed by atoms with van der Waals surface area (Å²) in [7, 11) is 3.51. The number of aromatic nitrogens is 2. The highest BCUT2D eigenvalue weighted by Gasteiger charge is 2.19. The van der Waals surface area contributed by atoms with Crippen LogP contribution in [0.1, 0.15) is 16.1 Å². The summed E-state index contributed by atoms with van der Waals surface area (Å²) in [4.78, 5) is 14.0. The van der Waals surface area contributed by atoms with Gasteiger partial charge in [0.05, 0.1) is 23.5 Å². The Bertz CT molecular complexity index is 679. The highest BCUT2D eigenvalue weighted by atomic mass is 35.5. The summed E-state index contributed by atoms with van der Waals surface area (Å²) in [5, 5.41) is 4.60. The quantitative estimate of drug-likeness (QED) is 0.871. The minimum absolute atomic E-state index is 0.120. The number of ether oxygens (including phenoxy) is 2. The second-order valence-electron chi connectivity index (χ2n) is 4.79. The molecule has 0 unspecified atom stereocenters. The Morgan fingerprint density at radius 1 is 1.43 bits per heavy atom. The third kappa shape index (κ3) is 2.54. The van der Waals surface area contributed by atoms with Crippen LogP contribution in [-0.2, 0) is 13.6 Å². The van der Waals surface area contributed by atoms with Crippen molar-refractivity contribution >= 4 is 17.5 Å². The first-order valence-electron chi connectivity index (χ1n) is 6.38. The Labute approximate surface area is 126 Å². The summed E-state index contributed by atoms with van der Waals surface area (Å²) in [6.45, 7) is 0.566. The van der Waals surface area contributed by atoms with Gasteiger partial charge in [-0.15, -0.1) is 0 Å². The van der Waals surface area contributed by atoms with Crippen molar-refractivity contribution in [2.45, 2.75) is 6.54 Å². The fourth-order valence-corrected chi connectivity index (χ4v) is 2.39. The Morgan fingerprint density at radius 2 is 2.19 bits per heavy atom. The van der Waals surface area contributed by atoms with Crippen LogP contribution in [0.4, 0.5) is 0 Å². The number of hydrogen-bond donors (Lipinski definition) is 0. The summed E-state index contributed by atoms with van der Waals surface area (Å²) < 4.78 is 12.2. The normalized spacial score (nSPS) is 12.5. The van der Waals surface area contributed by atoms with Gasteiger partial charge in [-0.2, -0.15) is 5.10 Å². The van der Waals surface area contributed by atoms with Gasteiger partial charge in [-0.1, -0.05) is 11.6 Å². The van der Waals surface area contributed by atoms with Crippen LogP contribution in [0.5, 0.6) is 11.5 Å². The van der Waals surface area contributed by atoms with Gasteiger partial charge in [-0.05, 0) is 18.2 Å². The lowest BCUT2D eigenvalue weighted by Gasteiger charge is -2.17. The SMILES string of the molecule is CN(Cc1c(Cl)cnn1C)C(=O)c1ccc2c(c1)OCO2. The summed E-state index contributed by atoms with van der Waals surface area (Å²) >= 11 is 6.06. The number of nitrogens with zero attached hydrogens (tertiary/aromatic N) is 3. The number of amides is 1. The highest BCUT2D eigenvalue weighted by molar-refractivity contribution is 6.31. The number of benzene rings is 1. The highest BCUT2D eigenvalue weighted by Crippen LogP contribution is 2.32. The van der Waals surface area contributed by atoms with E-state index in [0.29, 0.717) is 28.6 Å². The topological polar surface area (TPSA) is 56.6 Å². The van der Waals surface area contributed by atoms with E-state index in [4.69, 9.17) is 21.1 Å². The van der Waals surface area contributed by atoms with E-state index in [2.05, 4.69) is 5.10 Å². The molecule has 110 valence electrons. The van der Waals surface area contributed by atoms with E-state index in [9.17, 15) is 4.79 Å². The number of carbonyl (C=O) groups excluding carboxylic acids is 1. The number of rotatable bonds is 3. The van der Waals surface area contributed by atoms with E-state index in [1.165, 1.54) is 0 Å². The van der Waals surface area contributed by atoms with Crippen molar-refractivity contribution < 1.29 is 14.3 Å². The molecule has 21 heavy (non-hydrogen) atoms. The standard InChI is InChI=1S/C14H14ClN3O3/c1-17(7-11-10(15)6-16-18(11)2)14(19)9-3-4-12-13(5-9)21-8-20-12/h3-6H,7-8H2,1-2H3. The zero-order valence-electron chi connectivity index (χ0n) is 11.7. The van der Waals surface area contributed by atoms with Crippen molar-refractivity contribution in [1.82, 2.24) is 14.7 Å². The molecule has 2 aromatic rings. The predicted octanol–water partition coefficient (Wildman–Crippen LogP) is 2.07. The number of carbonyl (C=O) groups is 1. The maximum Gasteiger partial charge on any atom is 0.254 e. The van der Waals surface area contributed by atoms with Gasteiger partial charge >= 0.3 is 0 Å². The first-order chi connectivity index (χ1) is 10.1. The summed E-state index contributed by atoms with van der Waals surface area (Å²) in [6, 6.07) is 5.14. The van der Waals surface area contributed by atoms with Gasteiger partial charge in [0.25, 0.3) is 5.91 Å². The predicted molar refractivity (Wildman–Crippen MR) is 76.6 cm³/mol. The number of fused-ring (bicyclic) bond motifs is 1. The molecule has 0 bridgehead atoms. The molecule has 0 aliphatic carbocycles. The smallest absolute Gasteiger partial charge is 0.254 e. The second kappa shape index (κ2) is 5.29. The lowest BCUT2D eigenvalue weighted by Crippen LogP contribution is -2.27. The Morgan fingerprint density at radius 3 is 2.90 bits per heavy atom. The molecule has 0 saturated heterocycles. The van der Waals surface area contributed by atoms with Gasteiger partial charge in [0.1, 0.15) is 0 Å². The Balaban J connectivity index is 1.78. The average molecular weight is 308 g/mol. The fraction of sp³-hybridized carbons (Fsp3) is 0.286. The van der Waals surface area contributed by atoms with Gasteiger partial charge < -0.3 is 14.4 Å². The van der Waals surface area contributed by atoms with Crippen molar-refractivity contribution in [1.29, 1.82) is 0 Å². The molecule has 6 nitrogen and oxygen atoms in total. The fourth-order valence-electron chi connectivity index (χ4n) is 2.16. The van der Waals surface area contributed by atoms with Crippen LogP contribution in [0.25, 0.3) is 0 Å². The van der Waals surface area contributed by atoms with Gasteiger partial charge in [-0.3, -0.25) is 9.48 Å². The molecular formula is C14H14ClN3O3. The van der Waals surface area contributed by atoms with Crippen molar-refractivity contribution in [2.75, 3.05) is 13.8 Å². The first-order valence-corrected chi connectivity index (χ1v) is 6.75. The maximum atomic E-state index is 12.5. The van der Waals surface area contributed by atoms with Crippen LogP contribution in [-0.4, -0.2) is 34.4 Å². The lowest BCUT2D eigenvalue weighted by atomic mass is 10.1. The molecule has 7 heteroatoms. The first kappa shape index (κ1) is 13.8. The van der Waals surface area contributed by atoms with Crippen LogP contribution >= 0.6 is 11.6 Å². The molecule has 1 amide bonds. The summed E-state index contributed by atoms with van der Waals surface area (Å²) in [5.74, 6) is 1.13. The molecule has 0 atom stereocenters. The molecule has 0 radical (unpaired) electrons. The molecule has 0 saturated carbocycles. The van der Waals surface area contributed by atoms with Gasteiger partial charge in [-0.25, -0.2) is 0 Å². The van der Waals surface area contributed by atoms with Crippen LogP contribution in [0.2, 0.25) is 5.02 Å². The molecule has 1 aliphatic rings. The van der Waals surface area contributed by atoms with Crippen LogP contribution in [0.15, 0.2) is 24.4 Å². The molecule has 2 heterocycles. The van der Waals surface area contributed by atoms with Gasteiger partial charge in [0.15, 0.2) is 11.5 Å². The average Bonchev–Trinajstić information content (AvgIpc) is 3.07. The van der Waals surface area contributed by atoms with Gasteiger partial charge in [0, 0.05) is 19.7 Å². The zero-order chi connectivity index (χ0) is 15.0. The van der Waals surface area contributed by atoms with E-state index >= 15 is 0 Å². The molecule has 3 rings (SSSR count). The second-order valence-corrected chi connectivity index (χ2v) is 5.20. The zero-order valence-corrected chi connectivity index (χ0v) is 12.4. The minimum Gasteiger partial charge on any atom is -0.454 e. The van der Waals surface area contributed by atoms with Crippen molar-refractivity contribution in [2.24, 2.45) is 7.05 Å². The third-order valence-electron chi connectivity index (χ3n) is 3.36. The number of halogens is 1. The van der Waals surface area contributed by atoms with Crippen LogP contribution in [0.3, 0.4) is 0 Å². The lowest BCUT2D eigenvalue weighted by molar-refractivity contribution is 0.0781. The molecule has 1 aliphatic heterocycles. The number of hydrogen-bond acceptors (Lipinski definition) is 4. The summed E-state index contributed by atoms with van der Waals surface area (Å²) in [5.41, 5.74) is 1.33. The monoisotopic (exact) mass is 307 g/mol. The van der Waals surface area contributed by atoms with Crippen LogP contribution < -0.4 is 9.47 Å². The van der Waals surface area contributed by atoms with E-state index in [-0.39, 0.29) is 12.7 Å². The van der Waals surface area contributed by atoms with Crippen molar-refractivity contribution in [3.05, 3.63) is 40.7 Å². The largest absolute Gasteiger partial charge is 0.454 e. The molecule has 1 aromatic heterocycles. The molecular weight excluding hydrogens is 294 g/mol. The van der Waals surface area contributed by atoms with Crippen LogP contribution in [0, 0.1) is 0 Å². The molecule has 0 fully saturated rings.